The molecule has 0 aromatic carbocycles. The van der Waals surface area contributed by atoms with Crippen molar-refractivity contribution in [3.8, 4) is 0 Å². The van der Waals surface area contributed by atoms with Crippen LogP contribution in [0.15, 0.2) is 24.4 Å². The number of pyridine rings is 1. The first kappa shape index (κ1) is 15.5. The maximum atomic E-state index is 11.9. The molecule has 0 aliphatic heterocycles. The predicted molar refractivity (Wildman–Crippen MR) is 85.2 cm³/mol. The highest BCUT2D eigenvalue weighted by molar-refractivity contribution is 7.15. The van der Waals surface area contributed by atoms with Crippen LogP contribution in [0.4, 0.5) is 5.13 Å². The van der Waals surface area contributed by atoms with Gasteiger partial charge in [-0.05, 0) is 18.6 Å². The predicted octanol–water partition coefficient (Wildman–Crippen LogP) is 1.69. The quantitative estimate of drug-likeness (QED) is 0.707. The second-order valence-corrected chi connectivity index (χ2v) is 5.94. The molecule has 0 aliphatic rings. The van der Waals surface area contributed by atoms with Crippen LogP contribution in [0.1, 0.15) is 23.7 Å². The molecule has 120 valence electrons. The third kappa shape index (κ3) is 3.88. The van der Waals surface area contributed by atoms with E-state index in [2.05, 4.69) is 25.7 Å². The lowest BCUT2D eigenvalue weighted by Crippen LogP contribution is -2.11. The molecule has 0 spiro atoms. The smallest absolute Gasteiger partial charge is 0.226 e. The normalized spacial score (nSPS) is 11.0. The molecule has 1 amide bonds. The van der Waals surface area contributed by atoms with Crippen molar-refractivity contribution in [2.75, 3.05) is 12.4 Å². The Morgan fingerprint density at radius 1 is 1.30 bits per heavy atom. The van der Waals surface area contributed by atoms with Crippen molar-refractivity contribution >= 4 is 28.0 Å². The van der Waals surface area contributed by atoms with Gasteiger partial charge in [0.05, 0.1) is 0 Å². The Labute approximate surface area is 136 Å². The first-order valence-electron chi connectivity index (χ1n) is 7.16. The SMILES string of the molecule is COCc1nnc(NC(=O)CCCc2nnc3ccccn23)s1. The van der Waals surface area contributed by atoms with E-state index in [0.29, 0.717) is 31.0 Å². The van der Waals surface area contributed by atoms with Gasteiger partial charge in [-0.2, -0.15) is 0 Å². The molecule has 3 aromatic heterocycles. The lowest BCUT2D eigenvalue weighted by Gasteiger charge is -2.01. The van der Waals surface area contributed by atoms with E-state index in [1.165, 1.54) is 11.3 Å². The first-order chi connectivity index (χ1) is 11.3. The molecule has 9 heteroatoms. The lowest BCUT2D eigenvalue weighted by molar-refractivity contribution is -0.116. The van der Waals surface area contributed by atoms with E-state index in [0.717, 1.165) is 16.5 Å². The fraction of sp³-hybridized carbons (Fsp3) is 0.357. The molecule has 3 rings (SSSR count). The summed E-state index contributed by atoms with van der Waals surface area (Å²) in [6.07, 6.45) is 3.68. The van der Waals surface area contributed by atoms with Crippen LogP contribution in [0, 0.1) is 0 Å². The van der Waals surface area contributed by atoms with Crippen LogP contribution in [0.5, 0.6) is 0 Å². The molecule has 0 fully saturated rings. The lowest BCUT2D eigenvalue weighted by atomic mass is 10.2. The van der Waals surface area contributed by atoms with Crippen LogP contribution in [0.3, 0.4) is 0 Å². The van der Waals surface area contributed by atoms with E-state index in [4.69, 9.17) is 4.74 Å². The highest BCUT2D eigenvalue weighted by atomic mass is 32.1. The number of fused-ring (bicyclic) bond motifs is 1. The maximum Gasteiger partial charge on any atom is 0.226 e. The van der Waals surface area contributed by atoms with Crippen molar-refractivity contribution in [3.05, 3.63) is 35.2 Å². The van der Waals surface area contributed by atoms with Gasteiger partial charge >= 0.3 is 0 Å². The Hall–Kier alpha value is -2.39. The van der Waals surface area contributed by atoms with Gasteiger partial charge in [-0.25, -0.2) is 0 Å². The molecule has 0 saturated heterocycles. The zero-order valence-corrected chi connectivity index (χ0v) is 13.4. The number of ether oxygens (including phenoxy) is 1. The number of carbonyl (C=O) groups excluding carboxylic acids is 1. The Bertz CT molecular complexity index is 799. The molecule has 0 unspecified atom stereocenters. The molecular weight excluding hydrogens is 316 g/mol. The van der Waals surface area contributed by atoms with Crippen LogP contribution in [-0.2, 0) is 22.6 Å². The number of hydrogen-bond donors (Lipinski definition) is 1. The molecule has 0 aliphatic carbocycles. The summed E-state index contributed by atoms with van der Waals surface area (Å²) < 4.78 is 6.90. The van der Waals surface area contributed by atoms with E-state index in [-0.39, 0.29) is 5.91 Å². The third-order valence-corrected chi connectivity index (χ3v) is 3.98. The van der Waals surface area contributed by atoms with E-state index >= 15 is 0 Å². The van der Waals surface area contributed by atoms with Gasteiger partial charge in [-0.1, -0.05) is 17.4 Å². The molecule has 0 radical (unpaired) electrons. The van der Waals surface area contributed by atoms with E-state index in [1.807, 2.05) is 28.8 Å². The summed E-state index contributed by atoms with van der Waals surface area (Å²) in [6, 6.07) is 5.75. The largest absolute Gasteiger partial charge is 0.377 e. The number of nitrogens with one attached hydrogen (secondary N) is 1. The van der Waals surface area contributed by atoms with E-state index in [1.54, 1.807) is 7.11 Å². The standard InChI is InChI=1S/C14H16N6O2S/c1-22-9-13-18-19-14(23-13)15-12(21)7-4-6-11-17-16-10-5-2-3-8-20(10)11/h2-3,5,8H,4,6-7,9H2,1H3,(H,15,19,21). The van der Waals surface area contributed by atoms with E-state index in [9.17, 15) is 4.79 Å². The second-order valence-electron chi connectivity index (χ2n) is 4.88. The molecular formula is C14H16N6O2S. The number of methoxy groups -OCH3 is 1. The van der Waals surface area contributed by atoms with Gasteiger partial charge in [0.15, 0.2) is 5.65 Å². The molecule has 3 heterocycles. The number of rotatable bonds is 7. The Morgan fingerprint density at radius 3 is 3.09 bits per heavy atom. The van der Waals surface area contributed by atoms with Gasteiger partial charge in [-0.15, -0.1) is 20.4 Å². The topological polar surface area (TPSA) is 94.3 Å². The number of amides is 1. The summed E-state index contributed by atoms with van der Waals surface area (Å²) in [7, 11) is 1.59. The Kier molecular flexibility index (Phi) is 4.89. The summed E-state index contributed by atoms with van der Waals surface area (Å²) in [5.74, 6) is 0.769. The average molecular weight is 332 g/mol. The molecule has 0 atom stereocenters. The van der Waals surface area contributed by atoms with Gasteiger partial charge in [0.25, 0.3) is 0 Å². The number of anilines is 1. The fourth-order valence-corrected chi connectivity index (χ4v) is 2.86. The number of carbonyl (C=O) groups is 1. The summed E-state index contributed by atoms with van der Waals surface area (Å²) >= 11 is 1.31. The number of aromatic nitrogens is 5. The summed E-state index contributed by atoms with van der Waals surface area (Å²) in [5, 5.41) is 20.0. The van der Waals surface area contributed by atoms with Crippen LogP contribution in [0.2, 0.25) is 0 Å². The third-order valence-electron chi connectivity index (χ3n) is 3.17. The maximum absolute atomic E-state index is 11.9. The Morgan fingerprint density at radius 2 is 2.22 bits per heavy atom. The molecule has 3 aromatic rings. The number of nitrogens with zero attached hydrogens (tertiary/aromatic N) is 5. The second kappa shape index (κ2) is 7.25. The monoisotopic (exact) mass is 332 g/mol. The first-order valence-corrected chi connectivity index (χ1v) is 7.97. The highest BCUT2D eigenvalue weighted by Crippen LogP contribution is 2.16. The van der Waals surface area contributed by atoms with Crippen LogP contribution >= 0.6 is 11.3 Å². The van der Waals surface area contributed by atoms with Crippen molar-refractivity contribution in [3.63, 3.8) is 0 Å². The zero-order chi connectivity index (χ0) is 16.1. The minimum absolute atomic E-state index is 0.0843. The molecule has 23 heavy (non-hydrogen) atoms. The van der Waals surface area contributed by atoms with Gasteiger partial charge in [0, 0.05) is 26.1 Å². The van der Waals surface area contributed by atoms with Crippen molar-refractivity contribution < 1.29 is 9.53 Å². The van der Waals surface area contributed by atoms with Crippen molar-refractivity contribution in [2.45, 2.75) is 25.9 Å². The average Bonchev–Trinajstić information content (AvgIpc) is 3.15. The van der Waals surface area contributed by atoms with Gasteiger partial charge < -0.3 is 10.1 Å². The Balaban J connectivity index is 1.49. The van der Waals surface area contributed by atoms with Gasteiger partial charge in [-0.3, -0.25) is 9.20 Å². The summed E-state index contributed by atoms with van der Waals surface area (Å²) in [6.45, 7) is 0.396. The summed E-state index contributed by atoms with van der Waals surface area (Å²) in [5.41, 5.74) is 0.812. The molecule has 1 N–H and O–H groups in total. The zero-order valence-electron chi connectivity index (χ0n) is 12.6. The fourth-order valence-electron chi connectivity index (χ4n) is 2.14. The van der Waals surface area contributed by atoms with Crippen molar-refractivity contribution in [1.29, 1.82) is 0 Å². The highest BCUT2D eigenvalue weighted by Gasteiger charge is 2.09. The summed E-state index contributed by atoms with van der Waals surface area (Å²) in [4.78, 5) is 11.9. The van der Waals surface area contributed by atoms with Gasteiger partial charge in [0.2, 0.25) is 11.0 Å². The van der Waals surface area contributed by atoms with Crippen LogP contribution in [-0.4, -0.2) is 37.8 Å². The van der Waals surface area contributed by atoms with E-state index < -0.39 is 0 Å². The molecule has 0 saturated carbocycles. The van der Waals surface area contributed by atoms with Crippen molar-refractivity contribution in [1.82, 2.24) is 24.8 Å². The van der Waals surface area contributed by atoms with Crippen LogP contribution < -0.4 is 5.32 Å². The molecule has 0 bridgehead atoms. The van der Waals surface area contributed by atoms with Crippen molar-refractivity contribution in [2.24, 2.45) is 0 Å². The van der Waals surface area contributed by atoms with Crippen LogP contribution in [0.25, 0.3) is 5.65 Å². The number of aryl methyl sites for hydroxylation is 1. The minimum Gasteiger partial charge on any atom is -0.377 e. The number of hydrogen-bond acceptors (Lipinski definition) is 7. The minimum atomic E-state index is -0.0843. The van der Waals surface area contributed by atoms with Gasteiger partial charge in [0.1, 0.15) is 17.4 Å². The molecule has 8 nitrogen and oxygen atoms in total.